The largest absolute Gasteiger partial charge is 0.378 e. The van der Waals surface area contributed by atoms with Gasteiger partial charge in [0.2, 0.25) is 0 Å². The fourth-order valence-electron chi connectivity index (χ4n) is 1.82. The summed E-state index contributed by atoms with van der Waals surface area (Å²) in [4.78, 5) is 4.55. The third-order valence-corrected chi connectivity index (χ3v) is 3.12. The van der Waals surface area contributed by atoms with Gasteiger partial charge in [0, 0.05) is 17.0 Å². The summed E-state index contributed by atoms with van der Waals surface area (Å²) in [6, 6.07) is 5.99. The van der Waals surface area contributed by atoms with Crippen LogP contribution in [0.2, 0.25) is 0 Å². The van der Waals surface area contributed by atoms with Crippen molar-refractivity contribution in [2.75, 3.05) is 12.5 Å². The van der Waals surface area contributed by atoms with Gasteiger partial charge in [-0.15, -0.1) is 0 Å². The average Bonchev–Trinajstić information content (AvgIpc) is 2.29. The van der Waals surface area contributed by atoms with E-state index in [9.17, 15) is 0 Å². The van der Waals surface area contributed by atoms with Gasteiger partial charge in [-0.1, -0.05) is 0 Å². The number of benzene rings is 1. The number of nitrogen functional groups attached to an aromatic ring is 1. The average molecular weight is 296 g/mol. The number of aryl methyl sites for hydroxylation is 1. The van der Waals surface area contributed by atoms with Crippen LogP contribution in [0.1, 0.15) is 11.3 Å². The van der Waals surface area contributed by atoms with Crippen molar-refractivity contribution in [1.29, 1.82) is 0 Å². The van der Waals surface area contributed by atoms with E-state index < -0.39 is 0 Å². The second kappa shape index (κ2) is 5.00. The van der Waals surface area contributed by atoms with Gasteiger partial charge in [0.05, 0.1) is 23.5 Å². The fourth-order valence-corrected chi connectivity index (χ4v) is 2.48. The lowest BCUT2D eigenvalue weighted by Crippen LogP contribution is -2.09. The van der Waals surface area contributed by atoms with E-state index in [0.717, 1.165) is 32.3 Å². The fraction of sp³-hybridized carbons (Fsp3) is 0.250. The van der Waals surface area contributed by atoms with Crippen LogP contribution in [0.4, 0.5) is 5.69 Å². The van der Waals surface area contributed by atoms with Gasteiger partial charge in [-0.2, -0.15) is 0 Å². The summed E-state index contributed by atoms with van der Waals surface area (Å²) in [6.45, 7) is 2.50. The molecule has 0 saturated carbocycles. The molecule has 4 nitrogen and oxygen atoms in total. The van der Waals surface area contributed by atoms with Crippen LogP contribution in [0.5, 0.6) is 0 Å². The van der Waals surface area contributed by atoms with Crippen molar-refractivity contribution < 1.29 is 4.74 Å². The molecule has 0 atom stereocenters. The maximum atomic E-state index is 5.55. The number of hydrogen-bond donors (Lipinski definition) is 2. The normalized spacial score (nSPS) is 10.8. The van der Waals surface area contributed by atoms with Crippen molar-refractivity contribution in [2.24, 2.45) is 5.84 Å². The number of ether oxygens (including phenoxy) is 1. The van der Waals surface area contributed by atoms with Crippen molar-refractivity contribution in [1.82, 2.24) is 4.98 Å². The number of nitrogens with two attached hydrogens (primary N) is 1. The quantitative estimate of drug-likeness (QED) is 0.675. The first kappa shape index (κ1) is 12.3. The van der Waals surface area contributed by atoms with Crippen LogP contribution < -0.4 is 11.3 Å². The van der Waals surface area contributed by atoms with Crippen molar-refractivity contribution >= 4 is 32.5 Å². The highest BCUT2D eigenvalue weighted by molar-refractivity contribution is 9.10. The molecule has 0 saturated heterocycles. The Morgan fingerprint density at radius 3 is 2.82 bits per heavy atom. The van der Waals surface area contributed by atoms with Crippen molar-refractivity contribution in [3.63, 3.8) is 0 Å². The van der Waals surface area contributed by atoms with Gasteiger partial charge < -0.3 is 10.2 Å². The molecule has 3 N–H and O–H groups in total. The van der Waals surface area contributed by atoms with E-state index >= 15 is 0 Å². The van der Waals surface area contributed by atoms with Crippen LogP contribution in [0.15, 0.2) is 22.7 Å². The first-order valence-corrected chi connectivity index (χ1v) is 6.00. The lowest BCUT2D eigenvalue weighted by molar-refractivity contribution is 0.182. The highest BCUT2D eigenvalue weighted by atomic mass is 79.9. The predicted molar refractivity (Wildman–Crippen MR) is 72.7 cm³/mol. The van der Waals surface area contributed by atoms with Gasteiger partial charge in [0.15, 0.2) is 0 Å². The number of nitrogens with zero attached hydrogens (tertiary/aromatic N) is 1. The van der Waals surface area contributed by atoms with E-state index in [1.54, 1.807) is 7.11 Å². The van der Waals surface area contributed by atoms with Crippen LogP contribution >= 0.6 is 15.9 Å². The number of pyridine rings is 1. The minimum Gasteiger partial charge on any atom is -0.378 e. The molecule has 0 spiro atoms. The molecule has 2 rings (SSSR count). The Kier molecular flexibility index (Phi) is 3.61. The summed E-state index contributed by atoms with van der Waals surface area (Å²) < 4.78 is 6.05. The first-order chi connectivity index (χ1) is 8.15. The highest BCUT2D eigenvalue weighted by Crippen LogP contribution is 2.30. The summed E-state index contributed by atoms with van der Waals surface area (Å²) in [5.41, 5.74) is 6.45. The second-order valence-corrected chi connectivity index (χ2v) is 4.74. The summed E-state index contributed by atoms with van der Waals surface area (Å²) >= 11 is 3.52. The zero-order chi connectivity index (χ0) is 12.4. The van der Waals surface area contributed by atoms with E-state index in [1.165, 1.54) is 0 Å². The zero-order valence-corrected chi connectivity index (χ0v) is 11.3. The SMILES string of the molecule is COCc1cc(NN)c2cc(C)cc(Br)c2n1. The Labute approximate surface area is 108 Å². The minimum atomic E-state index is 0.463. The number of halogens is 1. The molecule has 0 aliphatic carbocycles. The lowest BCUT2D eigenvalue weighted by atomic mass is 10.1. The molecule has 0 amide bonds. The predicted octanol–water partition coefficient (Wildman–Crippen LogP) is 2.74. The van der Waals surface area contributed by atoms with Gasteiger partial charge in [0.1, 0.15) is 0 Å². The second-order valence-electron chi connectivity index (χ2n) is 3.88. The Balaban J connectivity index is 2.73. The molecule has 0 unspecified atom stereocenters. The molecule has 0 radical (unpaired) electrons. The third kappa shape index (κ3) is 2.41. The Morgan fingerprint density at radius 1 is 1.41 bits per heavy atom. The maximum Gasteiger partial charge on any atom is 0.0885 e. The van der Waals surface area contributed by atoms with E-state index in [0.29, 0.717) is 6.61 Å². The molecule has 1 aromatic heterocycles. The van der Waals surface area contributed by atoms with Crippen molar-refractivity contribution in [2.45, 2.75) is 13.5 Å². The lowest BCUT2D eigenvalue weighted by Gasteiger charge is -2.10. The topological polar surface area (TPSA) is 60.2 Å². The van der Waals surface area contributed by atoms with Crippen LogP contribution in [-0.2, 0) is 11.3 Å². The van der Waals surface area contributed by atoms with Crippen LogP contribution in [0.3, 0.4) is 0 Å². The number of hydrogen-bond acceptors (Lipinski definition) is 4. The molecule has 2 aromatic rings. The smallest absolute Gasteiger partial charge is 0.0885 e. The van der Waals surface area contributed by atoms with Crippen LogP contribution in [0, 0.1) is 6.92 Å². The van der Waals surface area contributed by atoms with E-state index in [1.807, 2.05) is 19.1 Å². The van der Waals surface area contributed by atoms with Gasteiger partial charge in [-0.3, -0.25) is 5.84 Å². The highest BCUT2D eigenvalue weighted by Gasteiger charge is 2.08. The zero-order valence-electron chi connectivity index (χ0n) is 9.75. The van der Waals surface area contributed by atoms with Crippen molar-refractivity contribution in [3.8, 4) is 0 Å². The molecule has 0 fully saturated rings. The number of nitrogens with one attached hydrogen (secondary N) is 1. The van der Waals surface area contributed by atoms with Crippen molar-refractivity contribution in [3.05, 3.63) is 33.9 Å². The summed E-state index contributed by atoms with van der Waals surface area (Å²) in [6.07, 6.45) is 0. The molecule has 1 heterocycles. The van der Waals surface area contributed by atoms with Gasteiger partial charge in [0.25, 0.3) is 0 Å². The maximum absolute atomic E-state index is 5.55. The number of anilines is 1. The first-order valence-electron chi connectivity index (χ1n) is 5.21. The number of fused-ring (bicyclic) bond motifs is 1. The van der Waals surface area contributed by atoms with E-state index in [-0.39, 0.29) is 0 Å². The Morgan fingerprint density at radius 2 is 2.18 bits per heavy atom. The number of rotatable bonds is 3. The molecule has 0 aliphatic heterocycles. The van der Waals surface area contributed by atoms with E-state index in [4.69, 9.17) is 10.6 Å². The summed E-state index contributed by atoms with van der Waals surface area (Å²) in [7, 11) is 1.64. The number of hydrazine groups is 1. The number of methoxy groups -OCH3 is 1. The summed E-state index contributed by atoms with van der Waals surface area (Å²) in [5, 5.41) is 0.999. The molecular formula is C12H14BrN3O. The minimum absolute atomic E-state index is 0.463. The van der Waals surface area contributed by atoms with Gasteiger partial charge >= 0.3 is 0 Å². The molecule has 17 heavy (non-hydrogen) atoms. The molecule has 0 bridgehead atoms. The van der Waals surface area contributed by atoms with Gasteiger partial charge in [-0.05, 0) is 46.6 Å². The third-order valence-electron chi connectivity index (χ3n) is 2.51. The molecular weight excluding hydrogens is 282 g/mol. The Hall–Kier alpha value is -1.17. The number of aromatic nitrogens is 1. The summed E-state index contributed by atoms with van der Waals surface area (Å²) in [5.74, 6) is 5.55. The molecule has 0 aliphatic rings. The molecule has 90 valence electrons. The Bertz CT molecular complexity index is 557. The monoisotopic (exact) mass is 295 g/mol. The van der Waals surface area contributed by atoms with Gasteiger partial charge in [-0.25, -0.2) is 4.98 Å². The van der Waals surface area contributed by atoms with Crippen LogP contribution in [-0.4, -0.2) is 12.1 Å². The molecule has 5 heteroatoms. The molecule has 1 aromatic carbocycles. The standard InChI is InChI=1S/C12H14BrN3O/c1-7-3-9-11(16-14)5-8(6-17-2)15-12(9)10(13)4-7/h3-5H,6,14H2,1-2H3,(H,15,16). The van der Waals surface area contributed by atoms with Crippen LogP contribution in [0.25, 0.3) is 10.9 Å². The van der Waals surface area contributed by atoms with E-state index in [2.05, 4.69) is 32.4 Å².